The average Bonchev–Trinajstić information content (AvgIpc) is 2.69. The van der Waals surface area contributed by atoms with Crippen LogP contribution in [0.25, 0.3) is 22.1 Å². The summed E-state index contributed by atoms with van der Waals surface area (Å²) in [6.07, 6.45) is 1.45. The highest BCUT2D eigenvalue weighted by Crippen LogP contribution is 2.28. The Morgan fingerprint density at radius 1 is 0.963 bits per heavy atom. The first-order chi connectivity index (χ1) is 13.1. The van der Waals surface area contributed by atoms with Crippen molar-refractivity contribution in [2.24, 2.45) is 0 Å². The molecule has 4 heteroatoms. The quantitative estimate of drug-likeness (QED) is 0.438. The molecule has 0 radical (unpaired) electrons. The van der Waals surface area contributed by atoms with Crippen LogP contribution >= 0.6 is 11.6 Å². The lowest BCUT2D eigenvalue weighted by Crippen LogP contribution is -2.05. The molecule has 0 saturated carbocycles. The van der Waals surface area contributed by atoms with Crippen LogP contribution in [0, 0.1) is 6.92 Å². The SMILES string of the molecule is Cc1ccc(COc2ccc3c(=O)c(-c4ccccc4Cl)coc3c2)cc1. The molecule has 0 bridgehead atoms. The van der Waals surface area contributed by atoms with Gasteiger partial charge in [-0.3, -0.25) is 4.79 Å². The monoisotopic (exact) mass is 376 g/mol. The topological polar surface area (TPSA) is 39.4 Å². The van der Waals surface area contributed by atoms with Gasteiger partial charge in [-0.1, -0.05) is 59.6 Å². The van der Waals surface area contributed by atoms with Crippen LogP contribution in [0.15, 0.2) is 82.2 Å². The largest absolute Gasteiger partial charge is 0.489 e. The second kappa shape index (κ2) is 7.29. The summed E-state index contributed by atoms with van der Waals surface area (Å²) in [6.45, 7) is 2.50. The minimum Gasteiger partial charge on any atom is -0.489 e. The lowest BCUT2D eigenvalue weighted by Gasteiger charge is -2.08. The van der Waals surface area contributed by atoms with Gasteiger partial charge in [0.05, 0.1) is 10.9 Å². The molecule has 0 atom stereocenters. The van der Waals surface area contributed by atoms with E-state index in [1.165, 1.54) is 11.8 Å². The van der Waals surface area contributed by atoms with Crippen molar-refractivity contribution in [2.45, 2.75) is 13.5 Å². The lowest BCUT2D eigenvalue weighted by molar-refractivity contribution is 0.306. The third-order valence-electron chi connectivity index (χ3n) is 4.44. The van der Waals surface area contributed by atoms with Crippen molar-refractivity contribution in [3.63, 3.8) is 0 Å². The Hall–Kier alpha value is -3.04. The molecule has 0 aliphatic carbocycles. The molecule has 0 spiro atoms. The molecule has 3 aromatic carbocycles. The normalized spacial score (nSPS) is 10.9. The molecule has 27 heavy (non-hydrogen) atoms. The van der Waals surface area contributed by atoms with E-state index in [-0.39, 0.29) is 5.43 Å². The third-order valence-corrected chi connectivity index (χ3v) is 4.77. The van der Waals surface area contributed by atoms with Crippen molar-refractivity contribution >= 4 is 22.6 Å². The van der Waals surface area contributed by atoms with Gasteiger partial charge in [0.2, 0.25) is 5.43 Å². The molecule has 0 unspecified atom stereocenters. The molecular formula is C23H17ClO3. The first kappa shape index (κ1) is 17.4. The van der Waals surface area contributed by atoms with E-state index in [2.05, 4.69) is 0 Å². The standard InChI is InChI=1S/C23H17ClO3/c1-15-6-8-16(9-7-15)13-26-17-10-11-19-22(12-17)27-14-20(23(19)25)18-4-2-3-5-21(18)24/h2-12,14H,13H2,1H3. The van der Waals surface area contributed by atoms with E-state index in [9.17, 15) is 4.79 Å². The van der Waals surface area contributed by atoms with Gasteiger partial charge in [0.15, 0.2) is 0 Å². The van der Waals surface area contributed by atoms with E-state index in [0.29, 0.717) is 39.5 Å². The van der Waals surface area contributed by atoms with Gasteiger partial charge in [-0.05, 0) is 30.7 Å². The van der Waals surface area contributed by atoms with Gasteiger partial charge in [-0.15, -0.1) is 0 Å². The molecule has 134 valence electrons. The number of rotatable bonds is 4. The second-order valence-corrected chi connectivity index (χ2v) is 6.80. The summed E-state index contributed by atoms with van der Waals surface area (Å²) in [4.78, 5) is 12.8. The second-order valence-electron chi connectivity index (χ2n) is 6.39. The summed E-state index contributed by atoms with van der Waals surface area (Å²) in [6, 6.07) is 20.6. The first-order valence-electron chi connectivity index (χ1n) is 8.60. The Morgan fingerprint density at radius 2 is 1.74 bits per heavy atom. The summed E-state index contributed by atoms with van der Waals surface area (Å²) in [5.74, 6) is 0.650. The van der Waals surface area contributed by atoms with Crippen LogP contribution in [-0.4, -0.2) is 0 Å². The number of ether oxygens (including phenoxy) is 1. The number of halogens is 1. The summed E-state index contributed by atoms with van der Waals surface area (Å²) >= 11 is 6.22. The fourth-order valence-electron chi connectivity index (χ4n) is 2.91. The Bertz CT molecular complexity index is 1160. The van der Waals surface area contributed by atoms with Gasteiger partial charge in [0.1, 0.15) is 24.2 Å². The maximum absolute atomic E-state index is 12.8. The minimum atomic E-state index is -0.116. The molecule has 0 saturated heterocycles. The predicted octanol–water partition coefficient (Wildman–Crippen LogP) is 6.00. The maximum Gasteiger partial charge on any atom is 0.200 e. The van der Waals surface area contributed by atoms with Gasteiger partial charge < -0.3 is 9.15 Å². The number of hydrogen-bond donors (Lipinski definition) is 0. The Kier molecular flexibility index (Phi) is 4.69. The van der Waals surface area contributed by atoms with E-state index in [4.69, 9.17) is 20.8 Å². The summed E-state index contributed by atoms with van der Waals surface area (Å²) in [7, 11) is 0. The van der Waals surface area contributed by atoms with Crippen molar-refractivity contribution in [3.8, 4) is 16.9 Å². The first-order valence-corrected chi connectivity index (χ1v) is 8.98. The number of hydrogen-bond acceptors (Lipinski definition) is 3. The summed E-state index contributed by atoms with van der Waals surface area (Å²) < 4.78 is 11.5. The zero-order valence-electron chi connectivity index (χ0n) is 14.7. The van der Waals surface area contributed by atoms with Crippen LogP contribution in [0.3, 0.4) is 0 Å². The predicted molar refractivity (Wildman–Crippen MR) is 108 cm³/mol. The summed E-state index contributed by atoms with van der Waals surface area (Å²) in [5, 5.41) is 1.01. The van der Waals surface area contributed by atoms with Crippen molar-refractivity contribution in [3.05, 3.63) is 99.4 Å². The summed E-state index contributed by atoms with van der Waals surface area (Å²) in [5.41, 5.74) is 3.76. The Balaban J connectivity index is 1.64. The molecule has 0 N–H and O–H groups in total. The van der Waals surface area contributed by atoms with Gasteiger partial charge in [-0.25, -0.2) is 0 Å². The van der Waals surface area contributed by atoms with Crippen LogP contribution in [0.5, 0.6) is 5.75 Å². The number of fused-ring (bicyclic) bond motifs is 1. The van der Waals surface area contributed by atoms with Crippen LogP contribution in [0.4, 0.5) is 0 Å². The molecule has 0 aliphatic rings. The van der Waals surface area contributed by atoms with Gasteiger partial charge in [0.25, 0.3) is 0 Å². The Labute approximate surface area is 161 Å². The van der Waals surface area contributed by atoms with Crippen molar-refractivity contribution in [1.29, 1.82) is 0 Å². The highest BCUT2D eigenvalue weighted by Gasteiger charge is 2.12. The number of benzene rings is 3. The van der Waals surface area contributed by atoms with E-state index < -0.39 is 0 Å². The molecule has 1 heterocycles. The smallest absolute Gasteiger partial charge is 0.200 e. The molecule has 0 fully saturated rings. The average molecular weight is 377 g/mol. The fraction of sp³-hybridized carbons (Fsp3) is 0.0870. The van der Waals surface area contributed by atoms with Crippen molar-refractivity contribution in [2.75, 3.05) is 0 Å². The minimum absolute atomic E-state index is 0.116. The van der Waals surface area contributed by atoms with E-state index in [0.717, 1.165) is 5.56 Å². The molecule has 0 amide bonds. The number of aryl methyl sites for hydroxylation is 1. The van der Waals surface area contributed by atoms with Crippen molar-refractivity contribution in [1.82, 2.24) is 0 Å². The van der Waals surface area contributed by atoms with Gasteiger partial charge in [-0.2, -0.15) is 0 Å². The van der Waals surface area contributed by atoms with Crippen LogP contribution in [0.2, 0.25) is 5.02 Å². The maximum atomic E-state index is 12.8. The van der Waals surface area contributed by atoms with Gasteiger partial charge >= 0.3 is 0 Å². The van der Waals surface area contributed by atoms with Crippen LogP contribution in [0.1, 0.15) is 11.1 Å². The van der Waals surface area contributed by atoms with E-state index in [1.54, 1.807) is 30.3 Å². The highest BCUT2D eigenvalue weighted by atomic mass is 35.5. The van der Waals surface area contributed by atoms with Crippen LogP contribution < -0.4 is 10.2 Å². The van der Waals surface area contributed by atoms with Crippen molar-refractivity contribution < 1.29 is 9.15 Å². The zero-order valence-corrected chi connectivity index (χ0v) is 15.5. The van der Waals surface area contributed by atoms with Gasteiger partial charge in [0, 0.05) is 16.7 Å². The van der Waals surface area contributed by atoms with Crippen LogP contribution in [-0.2, 0) is 6.61 Å². The molecule has 3 nitrogen and oxygen atoms in total. The Morgan fingerprint density at radius 3 is 2.52 bits per heavy atom. The fourth-order valence-corrected chi connectivity index (χ4v) is 3.15. The van der Waals surface area contributed by atoms with E-state index in [1.807, 2.05) is 43.3 Å². The third kappa shape index (κ3) is 3.60. The molecular weight excluding hydrogens is 360 g/mol. The molecule has 4 aromatic rings. The van der Waals surface area contributed by atoms with E-state index >= 15 is 0 Å². The molecule has 1 aromatic heterocycles. The highest BCUT2D eigenvalue weighted by molar-refractivity contribution is 6.33. The molecule has 4 rings (SSSR count). The zero-order chi connectivity index (χ0) is 18.8. The molecule has 0 aliphatic heterocycles. The lowest BCUT2D eigenvalue weighted by atomic mass is 10.1.